The lowest BCUT2D eigenvalue weighted by atomic mass is 9.99. The molecule has 19 heavy (non-hydrogen) atoms. The van der Waals surface area contributed by atoms with Crippen molar-refractivity contribution in [3.8, 4) is 0 Å². The van der Waals surface area contributed by atoms with Gasteiger partial charge in [-0.2, -0.15) is 0 Å². The number of likely N-dealkylation sites (N-methyl/N-ethyl adjacent to an activating group) is 1. The summed E-state index contributed by atoms with van der Waals surface area (Å²) in [5.41, 5.74) is 0. The molecule has 2 unspecified atom stereocenters. The molecule has 0 radical (unpaired) electrons. The number of aliphatic carboxylic acids is 1. The SMILES string of the molecule is CCN(C)C(=O)CNC(=O)N1CC(C)C(C(=O)O)C1. The van der Waals surface area contributed by atoms with E-state index in [0.29, 0.717) is 13.1 Å². The summed E-state index contributed by atoms with van der Waals surface area (Å²) in [5, 5.41) is 11.5. The van der Waals surface area contributed by atoms with Crippen molar-refractivity contribution < 1.29 is 19.5 Å². The maximum absolute atomic E-state index is 11.8. The minimum atomic E-state index is -0.885. The number of likely N-dealkylation sites (tertiary alicyclic amines) is 1. The first-order chi connectivity index (χ1) is 8.86. The lowest BCUT2D eigenvalue weighted by molar-refractivity contribution is -0.142. The topological polar surface area (TPSA) is 90.0 Å². The molecule has 1 saturated heterocycles. The van der Waals surface area contributed by atoms with Gasteiger partial charge in [-0.15, -0.1) is 0 Å². The van der Waals surface area contributed by atoms with Gasteiger partial charge in [-0.25, -0.2) is 4.79 Å². The molecular formula is C12H21N3O4. The highest BCUT2D eigenvalue weighted by Crippen LogP contribution is 2.22. The van der Waals surface area contributed by atoms with Crippen molar-refractivity contribution in [1.29, 1.82) is 0 Å². The van der Waals surface area contributed by atoms with Crippen molar-refractivity contribution in [3.63, 3.8) is 0 Å². The van der Waals surface area contributed by atoms with Gasteiger partial charge in [-0.1, -0.05) is 6.92 Å². The molecule has 1 fully saturated rings. The maximum atomic E-state index is 11.8. The largest absolute Gasteiger partial charge is 0.481 e. The number of hydrogen-bond acceptors (Lipinski definition) is 3. The highest BCUT2D eigenvalue weighted by molar-refractivity contribution is 5.84. The van der Waals surface area contributed by atoms with Crippen LogP contribution in [0, 0.1) is 11.8 Å². The number of rotatable bonds is 4. The summed E-state index contributed by atoms with van der Waals surface area (Å²) in [7, 11) is 1.66. The van der Waals surface area contributed by atoms with E-state index in [-0.39, 0.29) is 30.9 Å². The number of hydrogen-bond donors (Lipinski definition) is 2. The minimum Gasteiger partial charge on any atom is -0.481 e. The van der Waals surface area contributed by atoms with Crippen LogP contribution in [-0.2, 0) is 9.59 Å². The predicted molar refractivity (Wildman–Crippen MR) is 68.6 cm³/mol. The zero-order valence-electron chi connectivity index (χ0n) is 11.5. The van der Waals surface area contributed by atoms with Gasteiger partial charge in [0.15, 0.2) is 0 Å². The van der Waals surface area contributed by atoms with Gasteiger partial charge in [-0.05, 0) is 12.8 Å². The second-order valence-corrected chi connectivity index (χ2v) is 4.89. The van der Waals surface area contributed by atoms with E-state index < -0.39 is 11.9 Å². The van der Waals surface area contributed by atoms with Gasteiger partial charge in [0.2, 0.25) is 5.91 Å². The lowest BCUT2D eigenvalue weighted by Crippen LogP contribution is -2.44. The number of nitrogens with one attached hydrogen (secondary N) is 1. The molecule has 3 amide bonds. The Hall–Kier alpha value is -1.79. The van der Waals surface area contributed by atoms with Crippen molar-refractivity contribution in [2.24, 2.45) is 11.8 Å². The average molecular weight is 271 g/mol. The van der Waals surface area contributed by atoms with Crippen molar-refractivity contribution in [3.05, 3.63) is 0 Å². The fourth-order valence-electron chi connectivity index (χ4n) is 2.03. The highest BCUT2D eigenvalue weighted by atomic mass is 16.4. The Morgan fingerprint density at radius 1 is 1.37 bits per heavy atom. The van der Waals surface area contributed by atoms with E-state index in [0.717, 1.165) is 0 Å². The Morgan fingerprint density at radius 3 is 2.47 bits per heavy atom. The lowest BCUT2D eigenvalue weighted by Gasteiger charge is -2.19. The molecule has 1 aliphatic heterocycles. The zero-order valence-corrected chi connectivity index (χ0v) is 11.5. The molecule has 1 rings (SSSR count). The molecule has 7 heteroatoms. The molecule has 7 nitrogen and oxygen atoms in total. The number of carboxylic acid groups (broad SMARTS) is 1. The number of nitrogens with zero attached hydrogens (tertiary/aromatic N) is 2. The van der Waals surface area contributed by atoms with Gasteiger partial charge >= 0.3 is 12.0 Å². The number of urea groups is 1. The summed E-state index contributed by atoms with van der Waals surface area (Å²) < 4.78 is 0. The molecule has 2 N–H and O–H groups in total. The molecule has 0 bridgehead atoms. The van der Waals surface area contributed by atoms with Gasteiger partial charge in [0.1, 0.15) is 0 Å². The van der Waals surface area contributed by atoms with Gasteiger partial charge in [0.25, 0.3) is 0 Å². The van der Waals surface area contributed by atoms with E-state index in [1.54, 1.807) is 7.05 Å². The van der Waals surface area contributed by atoms with Crippen LogP contribution in [0.5, 0.6) is 0 Å². The third kappa shape index (κ3) is 3.84. The molecule has 108 valence electrons. The molecule has 0 aliphatic carbocycles. The Morgan fingerprint density at radius 2 is 2.00 bits per heavy atom. The molecule has 0 spiro atoms. The van der Waals surface area contributed by atoms with Gasteiger partial charge < -0.3 is 20.2 Å². The van der Waals surface area contributed by atoms with Gasteiger partial charge in [0, 0.05) is 26.7 Å². The Kier molecular flexibility index (Phi) is 5.14. The van der Waals surface area contributed by atoms with E-state index in [9.17, 15) is 14.4 Å². The molecule has 1 aliphatic rings. The molecule has 2 atom stereocenters. The summed E-state index contributed by atoms with van der Waals surface area (Å²) in [6.45, 7) is 4.77. The summed E-state index contributed by atoms with van der Waals surface area (Å²) in [4.78, 5) is 37.3. The third-order valence-electron chi connectivity index (χ3n) is 3.51. The monoisotopic (exact) mass is 271 g/mol. The number of carbonyl (C=O) groups is 3. The van der Waals surface area contributed by atoms with E-state index in [4.69, 9.17) is 5.11 Å². The van der Waals surface area contributed by atoms with Crippen LogP contribution in [0.3, 0.4) is 0 Å². The Bertz CT molecular complexity index is 372. The van der Waals surface area contributed by atoms with Crippen LogP contribution in [-0.4, -0.2) is 66.0 Å². The average Bonchev–Trinajstić information content (AvgIpc) is 2.76. The summed E-state index contributed by atoms with van der Waals surface area (Å²) >= 11 is 0. The van der Waals surface area contributed by atoms with Crippen LogP contribution in [0.15, 0.2) is 0 Å². The van der Waals surface area contributed by atoms with E-state index in [1.165, 1.54) is 9.80 Å². The Labute approximate surface area is 112 Å². The van der Waals surface area contributed by atoms with Crippen molar-refractivity contribution in [2.45, 2.75) is 13.8 Å². The number of carbonyl (C=O) groups excluding carboxylic acids is 2. The fraction of sp³-hybridized carbons (Fsp3) is 0.750. The first-order valence-corrected chi connectivity index (χ1v) is 6.36. The number of carboxylic acids is 1. The summed E-state index contributed by atoms with van der Waals surface area (Å²) in [5.74, 6) is -1.65. The predicted octanol–water partition coefficient (Wildman–Crippen LogP) is -0.173. The summed E-state index contributed by atoms with van der Waals surface area (Å²) in [6, 6.07) is -0.381. The Balaban J connectivity index is 2.43. The summed E-state index contributed by atoms with van der Waals surface area (Å²) in [6.07, 6.45) is 0. The van der Waals surface area contributed by atoms with Crippen molar-refractivity contribution >= 4 is 17.9 Å². The molecular weight excluding hydrogens is 250 g/mol. The highest BCUT2D eigenvalue weighted by Gasteiger charge is 2.36. The molecule has 0 saturated carbocycles. The third-order valence-corrected chi connectivity index (χ3v) is 3.51. The smallest absolute Gasteiger partial charge is 0.317 e. The molecule has 1 heterocycles. The van der Waals surface area contributed by atoms with Crippen LogP contribution in [0.25, 0.3) is 0 Å². The quantitative estimate of drug-likeness (QED) is 0.742. The normalized spacial score (nSPS) is 22.2. The standard InChI is InChI=1S/C12H21N3O4/c1-4-14(3)10(16)5-13-12(19)15-6-8(2)9(7-15)11(17)18/h8-9H,4-7H2,1-3H3,(H,13,19)(H,17,18). The van der Waals surface area contributed by atoms with Crippen LogP contribution in [0.2, 0.25) is 0 Å². The first-order valence-electron chi connectivity index (χ1n) is 6.36. The second kappa shape index (κ2) is 6.40. The van der Waals surface area contributed by atoms with E-state index in [1.807, 2.05) is 13.8 Å². The molecule has 0 aromatic carbocycles. The number of amides is 3. The molecule has 0 aromatic rings. The van der Waals surface area contributed by atoms with E-state index >= 15 is 0 Å². The van der Waals surface area contributed by atoms with Gasteiger partial charge in [0.05, 0.1) is 12.5 Å². The van der Waals surface area contributed by atoms with Crippen LogP contribution >= 0.6 is 0 Å². The zero-order chi connectivity index (χ0) is 14.6. The van der Waals surface area contributed by atoms with Crippen LogP contribution < -0.4 is 5.32 Å². The maximum Gasteiger partial charge on any atom is 0.317 e. The van der Waals surface area contributed by atoms with Gasteiger partial charge in [-0.3, -0.25) is 9.59 Å². The minimum absolute atomic E-state index is 0.0637. The second-order valence-electron chi connectivity index (χ2n) is 4.89. The van der Waals surface area contributed by atoms with Crippen molar-refractivity contribution in [2.75, 3.05) is 33.2 Å². The molecule has 0 aromatic heterocycles. The van der Waals surface area contributed by atoms with Crippen LogP contribution in [0.1, 0.15) is 13.8 Å². The van der Waals surface area contributed by atoms with Crippen LogP contribution in [0.4, 0.5) is 4.79 Å². The van der Waals surface area contributed by atoms with E-state index in [2.05, 4.69) is 5.32 Å². The van der Waals surface area contributed by atoms with Crippen molar-refractivity contribution in [1.82, 2.24) is 15.1 Å². The fourth-order valence-corrected chi connectivity index (χ4v) is 2.03. The first kappa shape index (κ1) is 15.3.